The van der Waals surface area contributed by atoms with E-state index in [4.69, 9.17) is 14.2 Å². The molecule has 3 aromatic carbocycles. The van der Waals surface area contributed by atoms with E-state index in [1.165, 1.54) is 7.11 Å². The first-order chi connectivity index (χ1) is 13.2. The molecule has 1 N–H and O–H groups in total. The summed E-state index contributed by atoms with van der Waals surface area (Å²) in [5.74, 6) is 3.01. The van der Waals surface area contributed by atoms with Crippen LogP contribution >= 0.6 is 11.8 Å². The van der Waals surface area contributed by atoms with Crippen molar-refractivity contribution in [2.75, 3.05) is 12.9 Å². The first-order valence-electron chi connectivity index (χ1n) is 8.70. The minimum Gasteiger partial charge on any atom is -0.504 e. The van der Waals surface area contributed by atoms with Crippen molar-refractivity contribution in [2.24, 2.45) is 0 Å². The van der Waals surface area contributed by atoms with Crippen LogP contribution in [-0.2, 0) is 6.61 Å². The number of thioether (sulfide) groups is 1. The van der Waals surface area contributed by atoms with Gasteiger partial charge in [0.15, 0.2) is 11.5 Å². The quantitative estimate of drug-likeness (QED) is 0.659. The summed E-state index contributed by atoms with van der Waals surface area (Å²) >= 11 is 1.73. The van der Waals surface area contributed by atoms with Gasteiger partial charge in [-0.3, -0.25) is 0 Å². The maximum absolute atomic E-state index is 10.0. The Labute approximate surface area is 162 Å². The van der Waals surface area contributed by atoms with Crippen LogP contribution in [0.4, 0.5) is 0 Å². The van der Waals surface area contributed by atoms with Gasteiger partial charge in [0.1, 0.15) is 24.2 Å². The third-order valence-corrected chi connectivity index (χ3v) is 5.50. The topological polar surface area (TPSA) is 47.9 Å². The van der Waals surface area contributed by atoms with Crippen LogP contribution < -0.4 is 14.2 Å². The summed E-state index contributed by atoms with van der Waals surface area (Å²) in [6, 6.07) is 21.4. The molecule has 1 aliphatic rings. The summed E-state index contributed by atoms with van der Waals surface area (Å²) in [5.41, 5.74) is 2.06. The van der Waals surface area contributed by atoms with Crippen LogP contribution in [0.3, 0.4) is 0 Å². The van der Waals surface area contributed by atoms with Gasteiger partial charge in [-0.1, -0.05) is 36.4 Å². The molecule has 0 spiro atoms. The first-order valence-corrected chi connectivity index (χ1v) is 9.68. The Kier molecular flexibility index (Phi) is 5.12. The van der Waals surface area contributed by atoms with Crippen molar-refractivity contribution in [3.8, 4) is 23.0 Å². The minimum atomic E-state index is -0.115. The molecule has 1 aliphatic heterocycles. The Bertz CT molecular complexity index is 927. The molecule has 4 nitrogen and oxygen atoms in total. The van der Waals surface area contributed by atoms with Crippen molar-refractivity contribution >= 4 is 11.8 Å². The van der Waals surface area contributed by atoms with E-state index in [1.54, 1.807) is 23.9 Å². The van der Waals surface area contributed by atoms with Gasteiger partial charge >= 0.3 is 0 Å². The first kappa shape index (κ1) is 17.6. The number of benzene rings is 3. The van der Waals surface area contributed by atoms with Crippen LogP contribution in [0.15, 0.2) is 71.6 Å². The molecule has 5 heteroatoms. The fourth-order valence-electron chi connectivity index (χ4n) is 2.95. The molecule has 0 fully saturated rings. The molecule has 0 radical (unpaired) electrons. The Hall–Kier alpha value is -2.79. The van der Waals surface area contributed by atoms with Crippen LogP contribution in [0.1, 0.15) is 17.2 Å². The summed E-state index contributed by atoms with van der Waals surface area (Å²) in [5, 5.41) is 10.0. The third kappa shape index (κ3) is 3.98. The van der Waals surface area contributed by atoms with Gasteiger partial charge in [0.2, 0.25) is 0 Å². The highest BCUT2D eigenvalue weighted by Crippen LogP contribution is 2.43. The van der Waals surface area contributed by atoms with Crippen molar-refractivity contribution in [1.29, 1.82) is 0 Å². The van der Waals surface area contributed by atoms with E-state index in [9.17, 15) is 5.11 Å². The molecule has 27 heavy (non-hydrogen) atoms. The molecule has 4 rings (SSSR count). The van der Waals surface area contributed by atoms with E-state index in [-0.39, 0.29) is 11.9 Å². The lowest BCUT2D eigenvalue weighted by atomic mass is 10.1. The maximum atomic E-state index is 10.0. The van der Waals surface area contributed by atoms with Gasteiger partial charge in [-0.2, -0.15) is 0 Å². The zero-order valence-electron chi connectivity index (χ0n) is 14.9. The van der Waals surface area contributed by atoms with Crippen molar-refractivity contribution in [3.05, 3.63) is 77.9 Å². The van der Waals surface area contributed by atoms with Crippen LogP contribution in [-0.4, -0.2) is 18.0 Å². The molecule has 1 atom stereocenters. The van der Waals surface area contributed by atoms with E-state index >= 15 is 0 Å². The smallest absolute Gasteiger partial charge is 0.160 e. The second-order valence-corrected chi connectivity index (χ2v) is 7.29. The van der Waals surface area contributed by atoms with E-state index in [0.717, 1.165) is 33.3 Å². The van der Waals surface area contributed by atoms with Crippen LogP contribution in [0.25, 0.3) is 0 Å². The molecule has 0 saturated carbocycles. The van der Waals surface area contributed by atoms with E-state index in [1.807, 2.05) is 54.6 Å². The highest BCUT2D eigenvalue weighted by molar-refractivity contribution is 7.99. The summed E-state index contributed by atoms with van der Waals surface area (Å²) in [7, 11) is 1.54. The molecule has 3 aromatic rings. The lowest BCUT2D eigenvalue weighted by Crippen LogP contribution is -2.14. The van der Waals surface area contributed by atoms with E-state index in [2.05, 4.69) is 0 Å². The standard InChI is InChI=1S/C22H20O4S/c1-24-19-9-7-16(11-18(19)23)21-14-27-22-12-17(8-10-20(22)26-21)25-13-15-5-3-2-4-6-15/h2-12,21,23H,13-14H2,1H3/t21-/m1/s1. The maximum Gasteiger partial charge on any atom is 0.160 e. The zero-order chi connectivity index (χ0) is 18.6. The highest BCUT2D eigenvalue weighted by atomic mass is 32.2. The lowest BCUT2D eigenvalue weighted by Gasteiger charge is -2.26. The summed E-state index contributed by atoms with van der Waals surface area (Å²) < 4.78 is 17.1. The number of rotatable bonds is 5. The van der Waals surface area contributed by atoms with Gasteiger partial charge in [0, 0.05) is 5.75 Å². The average molecular weight is 380 g/mol. The Morgan fingerprint density at radius 1 is 1.07 bits per heavy atom. The Morgan fingerprint density at radius 2 is 1.93 bits per heavy atom. The normalized spacial score (nSPS) is 15.5. The summed E-state index contributed by atoms with van der Waals surface area (Å²) in [6.07, 6.45) is -0.115. The SMILES string of the molecule is COc1ccc([C@H]2CSc3cc(OCc4ccccc4)ccc3O2)cc1O. The summed E-state index contributed by atoms with van der Waals surface area (Å²) in [6.45, 7) is 0.541. The molecule has 0 aliphatic carbocycles. The molecule has 138 valence electrons. The number of aromatic hydroxyl groups is 1. The zero-order valence-corrected chi connectivity index (χ0v) is 15.7. The number of phenols is 1. The van der Waals surface area contributed by atoms with Gasteiger partial charge in [0.05, 0.1) is 12.0 Å². The predicted molar refractivity (Wildman–Crippen MR) is 106 cm³/mol. The minimum absolute atomic E-state index is 0.115. The fourth-order valence-corrected chi connectivity index (χ4v) is 4.00. The number of hydrogen-bond donors (Lipinski definition) is 1. The molecule has 0 bridgehead atoms. The monoisotopic (exact) mass is 380 g/mol. The molecular weight excluding hydrogens is 360 g/mol. The third-order valence-electron chi connectivity index (χ3n) is 4.40. The summed E-state index contributed by atoms with van der Waals surface area (Å²) in [4.78, 5) is 1.06. The van der Waals surface area contributed by atoms with Gasteiger partial charge in [-0.05, 0) is 41.5 Å². The number of phenolic OH excluding ortho intramolecular Hbond substituents is 1. The van der Waals surface area contributed by atoms with Gasteiger partial charge in [-0.15, -0.1) is 11.8 Å². The van der Waals surface area contributed by atoms with Crippen molar-refractivity contribution in [3.63, 3.8) is 0 Å². The van der Waals surface area contributed by atoms with Crippen molar-refractivity contribution in [2.45, 2.75) is 17.6 Å². The molecular formula is C22H20O4S. The van der Waals surface area contributed by atoms with E-state index < -0.39 is 0 Å². The fraction of sp³-hybridized carbons (Fsp3) is 0.182. The highest BCUT2D eigenvalue weighted by Gasteiger charge is 2.23. The molecule has 0 unspecified atom stereocenters. The predicted octanol–water partition coefficient (Wildman–Crippen LogP) is 5.21. The van der Waals surface area contributed by atoms with Crippen molar-refractivity contribution < 1.29 is 19.3 Å². The number of methoxy groups -OCH3 is 1. The van der Waals surface area contributed by atoms with Gasteiger partial charge < -0.3 is 19.3 Å². The molecule has 0 amide bonds. The molecule has 0 saturated heterocycles. The average Bonchev–Trinajstić information content (AvgIpc) is 2.72. The molecule has 1 heterocycles. The number of hydrogen-bond acceptors (Lipinski definition) is 5. The van der Waals surface area contributed by atoms with Crippen LogP contribution in [0, 0.1) is 0 Å². The molecule has 0 aromatic heterocycles. The lowest BCUT2D eigenvalue weighted by molar-refractivity contribution is 0.218. The Morgan fingerprint density at radius 3 is 2.70 bits per heavy atom. The number of fused-ring (bicyclic) bond motifs is 1. The van der Waals surface area contributed by atoms with Gasteiger partial charge in [0.25, 0.3) is 0 Å². The second kappa shape index (κ2) is 7.84. The van der Waals surface area contributed by atoms with Gasteiger partial charge in [-0.25, -0.2) is 0 Å². The van der Waals surface area contributed by atoms with Crippen LogP contribution in [0.2, 0.25) is 0 Å². The Balaban J connectivity index is 1.45. The largest absolute Gasteiger partial charge is 0.504 e. The van der Waals surface area contributed by atoms with E-state index in [0.29, 0.717) is 12.4 Å². The van der Waals surface area contributed by atoms with Crippen molar-refractivity contribution in [1.82, 2.24) is 0 Å². The second-order valence-electron chi connectivity index (χ2n) is 6.23. The van der Waals surface area contributed by atoms with Crippen LogP contribution in [0.5, 0.6) is 23.0 Å². The number of ether oxygens (including phenoxy) is 3.